The van der Waals surface area contributed by atoms with Gasteiger partial charge in [0.05, 0.1) is 23.9 Å². The number of rotatable bonds is 2. The topological polar surface area (TPSA) is 22.1 Å². The zero-order valence-electron chi connectivity index (χ0n) is 11.7. The van der Waals surface area contributed by atoms with Gasteiger partial charge in [-0.25, -0.2) is 4.98 Å². The van der Waals surface area contributed by atoms with E-state index in [9.17, 15) is 13.2 Å². The lowest BCUT2D eigenvalue weighted by atomic mass is 10.1. The van der Waals surface area contributed by atoms with Gasteiger partial charge >= 0.3 is 6.18 Å². The van der Waals surface area contributed by atoms with Crippen LogP contribution in [0, 0.1) is 0 Å². The van der Waals surface area contributed by atoms with Gasteiger partial charge in [-0.05, 0) is 42.5 Å². The minimum atomic E-state index is -4.37. The lowest BCUT2D eigenvalue weighted by Crippen LogP contribution is -2.04. The van der Waals surface area contributed by atoms with E-state index < -0.39 is 11.7 Å². The molecule has 3 aromatic rings. The van der Waals surface area contributed by atoms with Gasteiger partial charge in [0, 0.05) is 10.9 Å². The van der Waals surface area contributed by atoms with Crippen molar-refractivity contribution in [3.63, 3.8) is 0 Å². The van der Waals surface area contributed by atoms with Gasteiger partial charge in [0.1, 0.15) is 5.75 Å². The zero-order valence-corrected chi connectivity index (χ0v) is 11.7. The Bertz CT molecular complexity index is 810. The standard InChI is InChI=1S/C17H12F3NO/c1-22-14-7-3-11(4-8-14)15-9-5-12-2-6-13(17(18,19)20)10-16(12)21-15/h2-10H,1H3. The third-order valence-corrected chi connectivity index (χ3v) is 3.41. The number of aromatic nitrogens is 1. The normalized spacial score (nSPS) is 11.6. The highest BCUT2D eigenvalue weighted by Crippen LogP contribution is 2.31. The average molecular weight is 303 g/mol. The van der Waals surface area contributed by atoms with Gasteiger partial charge in [0.2, 0.25) is 0 Å². The van der Waals surface area contributed by atoms with Gasteiger partial charge in [-0.2, -0.15) is 13.2 Å². The molecule has 3 rings (SSSR count). The summed E-state index contributed by atoms with van der Waals surface area (Å²) in [6, 6.07) is 14.3. The van der Waals surface area contributed by atoms with E-state index >= 15 is 0 Å². The molecule has 0 saturated heterocycles. The van der Waals surface area contributed by atoms with E-state index in [0.29, 0.717) is 22.3 Å². The van der Waals surface area contributed by atoms with Crippen LogP contribution < -0.4 is 4.74 Å². The van der Waals surface area contributed by atoms with E-state index in [1.807, 2.05) is 12.1 Å². The van der Waals surface area contributed by atoms with Gasteiger partial charge < -0.3 is 4.74 Å². The SMILES string of the molecule is COc1ccc(-c2ccc3ccc(C(F)(F)F)cc3n2)cc1. The van der Waals surface area contributed by atoms with Crippen LogP contribution >= 0.6 is 0 Å². The molecule has 1 aromatic heterocycles. The summed E-state index contributed by atoms with van der Waals surface area (Å²) in [6.07, 6.45) is -4.37. The summed E-state index contributed by atoms with van der Waals surface area (Å²) in [7, 11) is 1.57. The fourth-order valence-corrected chi connectivity index (χ4v) is 2.22. The predicted octanol–water partition coefficient (Wildman–Crippen LogP) is 4.93. The Kier molecular flexibility index (Phi) is 3.48. The molecule has 0 saturated carbocycles. The molecule has 0 aliphatic rings. The summed E-state index contributed by atoms with van der Waals surface area (Å²) < 4.78 is 43.4. The first-order chi connectivity index (χ1) is 10.5. The molecule has 5 heteroatoms. The van der Waals surface area contributed by atoms with Crippen molar-refractivity contribution in [2.24, 2.45) is 0 Å². The molecule has 0 amide bonds. The van der Waals surface area contributed by atoms with E-state index in [1.54, 1.807) is 31.4 Å². The van der Waals surface area contributed by atoms with Crippen LogP contribution in [-0.4, -0.2) is 12.1 Å². The second kappa shape index (κ2) is 5.33. The second-order valence-electron chi connectivity index (χ2n) is 4.83. The summed E-state index contributed by atoms with van der Waals surface area (Å²) in [5, 5.41) is 0.672. The Balaban J connectivity index is 2.07. The Morgan fingerprint density at radius 2 is 1.59 bits per heavy atom. The second-order valence-corrected chi connectivity index (χ2v) is 4.83. The average Bonchev–Trinajstić information content (AvgIpc) is 2.53. The molecule has 0 bridgehead atoms. The highest BCUT2D eigenvalue weighted by Gasteiger charge is 2.30. The summed E-state index contributed by atoms with van der Waals surface area (Å²) in [5.41, 5.74) is 1.07. The van der Waals surface area contributed by atoms with Gasteiger partial charge in [-0.15, -0.1) is 0 Å². The van der Waals surface area contributed by atoms with Crippen molar-refractivity contribution in [1.29, 1.82) is 0 Å². The van der Waals surface area contributed by atoms with Crippen molar-refractivity contribution in [3.05, 3.63) is 60.2 Å². The number of hydrogen-bond acceptors (Lipinski definition) is 2. The number of methoxy groups -OCH3 is 1. The third-order valence-electron chi connectivity index (χ3n) is 3.41. The van der Waals surface area contributed by atoms with Crippen LogP contribution in [0.5, 0.6) is 5.75 Å². The number of alkyl halides is 3. The Morgan fingerprint density at radius 1 is 0.909 bits per heavy atom. The van der Waals surface area contributed by atoms with Crippen molar-refractivity contribution in [1.82, 2.24) is 4.98 Å². The molecule has 22 heavy (non-hydrogen) atoms. The van der Waals surface area contributed by atoms with Crippen molar-refractivity contribution in [2.75, 3.05) is 7.11 Å². The van der Waals surface area contributed by atoms with Crippen LogP contribution in [0.15, 0.2) is 54.6 Å². The van der Waals surface area contributed by atoms with E-state index in [1.165, 1.54) is 6.07 Å². The number of pyridine rings is 1. The van der Waals surface area contributed by atoms with E-state index in [-0.39, 0.29) is 0 Å². The molecule has 112 valence electrons. The molecule has 0 spiro atoms. The number of hydrogen-bond donors (Lipinski definition) is 0. The number of ether oxygens (including phenoxy) is 1. The van der Waals surface area contributed by atoms with Gasteiger partial charge in [-0.3, -0.25) is 0 Å². The first kappa shape index (κ1) is 14.4. The first-order valence-corrected chi connectivity index (χ1v) is 6.60. The number of benzene rings is 2. The highest BCUT2D eigenvalue weighted by atomic mass is 19.4. The fourth-order valence-electron chi connectivity index (χ4n) is 2.22. The van der Waals surface area contributed by atoms with E-state index in [2.05, 4.69) is 4.98 Å². The lowest BCUT2D eigenvalue weighted by Gasteiger charge is -2.09. The van der Waals surface area contributed by atoms with Crippen molar-refractivity contribution < 1.29 is 17.9 Å². The summed E-state index contributed by atoms with van der Waals surface area (Å²) in [5.74, 6) is 0.712. The van der Waals surface area contributed by atoms with Gasteiger partial charge in [-0.1, -0.05) is 12.1 Å². The molecule has 0 aliphatic carbocycles. The van der Waals surface area contributed by atoms with E-state index in [4.69, 9.17) is 4.74 Å². The summed E-state index contributed by atoms with van der Waals surface area (Å²) in [4.78, 5) is 4.33. The van der Waals surface area contributed by atoms with E-state index in [0.717, 1.165) is 17.7 Å². The molecule has 0 fully saturated rings. The maximum atomic E-state index is 12.8. The van der Waals surface area contributed by atoms with Crippen LogP contribution in [0.2, 0.25) is 0 Å². The maximum absolute atomic E-state index is 12.8. The maximum Gasteiger partial charge on any atom is 0.416 e. The van der Waals surface area contributed by atoms with Crippen LogP contribution in [0.25, 0.3) is 22.2 Å². The molecular formula is C17H12F3NO. The van der Waals surface area contributed by atoms with Crippen molar-refractivity contribution >= 4 is 10.9 Å². The highest BCUT2D eigenvalue weighted by molar-refractivity contribution is 5.82. The molecule has 0 atom stereocenters. The Hall–Kier alpha value is -2.56. The number of fused-ring (bicyclic) bond motifs is 1. The fraction of sp³-hybridized carbons (Fsp3) is 0.118. The lowest BCUT2D eigenvalue weighted by molar-refractivity contribution is -0.137. The minimum Gasteiger partial charge on any atom is -0.497 e. The molecular weight excluding hydrogens is 291 g/mol. The molecule has 1 heterocycles. The number of nitrogens with zero attached hydrogens (tertiary/aromatic N) is 1. The zero-order chi connectivity index (χ0) is 15.7. The monoisotopic (exact) mass is 303 g/mol. The van der Waals surface area contributed by atoms with Crippen LogP contribution in [-0.2, 0) is 6.18 Å². The van der Waals surface area contributed by atoms with Crippen LogP contribution in [0.3, 0.4) is 0 Å². The molecule has 0 unspecified atom stereocenters. The largest absolute Gasteiger partial charge is 0.497 e. The molecule has 2 aromatic carbocycles. The van der Waals surface area contributed by atoms with Gasteiger partial charge in [0.25, 0.3) is 0 Å². The predicted molar refractivity (Wildman–Crippen MR) is 78.7 cm³/mol. The quantitative estimate of drug-likeness (QED) is 0.669. The molecule has 2 nitrogen and oxygen atoms in total. The smallest absolute Gasteiger partial charge is 0.416 e. The first-order valence-electron chi connectivity index (χ1n) is 6.60. The summed E-state index contributed by atoms with van der Waals surface area (Å²) >= 11 is 0. The third kappa shape index (κ3) is 2.74. The molecule has 0 radical (unpaired) electrons. The Morgan fingerprint density at radius 3 is 2.23 bits per heavy atom. The molecule has 0 N–H and O–H groups in total. The summed E-state index contributed by atoms with van der Waals surface area (Å²) in [6.45, 7) is 0. The van der Waals surface area contributed by atoms with Crippen molar-refractivity contribution in [2.45, 2.75) is 6.18 Å². The van der Waals surface area contributed by atoms with Crippen LogP contribution in [0.4, 0.5) is 13.2 Å². The Labute approximate surface area is 125 Å². The van der Waals surface area contributed by atoms with Gasteiger partial charge in [0.15, 0.2) is 0 Å². The minimum absolute atomic E-state index is 0.322. The number of halogens is 3. The van der Waals surface area contributed by atoms with Crippen LogP contribution in [0.1, 0.15) is 5.56 Å². The van der Waals surface area contributed by atoms with Crippen molar-refractivity contribution in [3.8, 4) is 17.0 Å². The molecule has 0 aliphatic heterocycles.